The van der Waals surface area contributed by atoms with Crippen LogP contribution in [-0.2, 0) is 4.79 Å². The second kappa shape index (κ2) is 3.57. The number of halogens is 2. The van der Waals surface area contributed by atoms with Crippen LogP contribution in [0.3, 0.4) is 0 Å². The molecule has 0 heterocycles. The Morgan fingerprint density at radius 2 is 2.22 bits per heavy atom. The lowest BCUT2D eigenvalue weighted by atomic mass is 10.1. The molecule has 3 heteroatoms. The van der Waals surface area contributed by atoms with Gasteiger partial charge in [-0.3, -0.25) is 4.79 Å². The molecule has 0 radical (unpaired) electrons. The van der Waals surface area contributed by atoms with E-state index in [1.165, 1.54) is 0 Å². The van der Waals surface area contributed by atoms with Crippen molar-refractivity contribution in [1.29, 1.82) is 0 Å². The normalized spacial score (nSPS) is 16.9. The van der Waals surface area contributed by atoms with E-state index in [4.69, 9.17) is 11.6 Å². The molecular formula is C6H10BrClO. The fourth-order valence-corrected chi connectivity index (χ4v) is 0.955. The summed E-state index contributed by atoms with van der Waals surface area (Å²) in [4.78, 5) is 9.94. The van der Waals surface area contributed by atoms with Crippen molar-refractivity contribution < 1.29 is 4.79 Å². The van der Waals surface area contributed by atoms with Crippen molar-refractivity contribution in [3.8, 4) is 0 Å². The van der Waals surface area contributed by atoms with E-state index in [0.29, 0.717) is 0 Å². The van der Waals surface area contributed by atoms with Crippen LogP contribution in [0.15, 0.2) is 0 Å². The predicted octanol–water partition coefficient (Wildman–Crippen LogP) is 2.71. The van der Waals surface area contributed by atoms with Gasteiger partial charge < -0.3 is 0 Å². The number of carbonyl (C=O) groups excluding carboxylic acids is 1. The molecule has 54 valence electrons. The maximum absolute atomic E-state index is 10.6. The summed E-state index contributed by atoms with van der Waals surface area (Å²) < 4.78 is -0.126. The summed E-state index contributed by atoms with van der Waals surface area (Å²) in [6, 6.07) is 0. The van der Waals surface area contributed by atoms with Gasteiger partial charge in [0.25, 0.3) is 0 Å². The first kappa shape index (κ1) is 9.44. The zero-order valence-corrected chi connectivity index (χ0v) is 7.92. The fourth-order valence-electron chi connectivity index (χ4n) is 0.568. The summed E-state index contributed by atoms with van der Waals surface area (Å²) in [6.45, 7) is 3.71. The zero-order valence-electron chi connectivity index (χ0n) is 5.58. The van der Waals surface area contributed by atoms with Gasteiger partial charge in [0, 0.05) is 0 Å². The van der Waals surface area contributed by atoms with Gasteiger partial charge >= 0.3 is 0 Å². The van der Waals surface area contributed by atoms with E-state index in [9.17, 15) is 4.79 Å². The zero-order chi connectivity index (χ0) is 7.49. The van der Waals surface area contributed by atoms with E-state index in [-0.39, 0.29) is 4.69 Å². The minimum atomic E-state index is -0.700. The van der Waals surface area contributed by atoms with Gasteiger partial charge in [-0.25, -0.2) is 0 Å². The molecule has 0 N–H and O–H groups in total. The lowest BCUT2D eigenvalue weighted by molar-refractivity contribution is -0.112. The molecule has 0 saturated carbocycles. The Labute approximate surface area is 68.9 Å². The number of hydrogen-bond donors (Lipinski definition) is 0. The number of hydrogen-bond acceptors (Lipinski definition) is 1. The van der Waals surface area contributed by atoms with E-state index in [1.807, 2.05) is 6.92 Å². The van der Waals surface area contributed by atoms with Gasteiger partial charge in [-0.2, -0.15) is 0 Å². The van der Waals surface area contributed by atoms with Gasteiger partial charge in [-0.15, -0.1) is 11.6 Å². The first-order valence-electron chi connectivity index (χ1n) is 2.89. The highest BCUT2D eigenvalue weighted by molar-refractivity contribution is 9.18. The van der Waals surface area contributed by atoms with Gasteiger partial charge in [0.1, 0.15) is 4.87 Å². The van der Waals surface area contributed by atoms with Crippen LogP contribution in [0.25, 0.3) is 0 Å². The summed E-state index contributed by atoms with van der Waals surface area (Å²) in [5.74, 6) is 0. The van der Waals surface area contributed by atoms with Crippen molar-refractivity contribution in [2.24, 2.45) is 0 Å². The highest BCUT2D eigenvalue weighted by atomic mass is 79.9. The van der Waals surface area contributed by atoms with Gasteiger partial charge in [0.15, 0.2) is 0 Å². The van der Waals surface area contributed by atoms with Crippen molar-refractivity contribution in [2.75, 3.05) is 0 Å². The maximum atomic E-state index is 10.6. The van der Waals surface area contributed by atoms with Crippen molar-refractivity contribution >= 4 is 32.2 Å². The lowest BCUT2D eigenvalue weighted by Crippen LogP contribution is -2.23. The molecule has 0 fully saturated rings. The molecule has 0 amide bonds. The first-order chi connectivity index (χ1) is 4.00. The van der Waals surface area contributed by atoms with Crippen molar-refractivity contribution in [1.82, 2.24) is 0 Å². The van der Waals surface area contributed by atoms with Crippen LogP contribution in [0.2, 0.25) is 0 Å². The number of carbonyl (C=O) groups is 1. The Morgan fingerprint density at radius 1 is 1.78 bits per heavy atom. The van der Waals surface area contributed by atoms with Crippen LogP contribution in [0.4, 0.5) is 0 Å². The summed E-state index contributed by atoms with van der Waals surface area (Å²) >= 11 is 8.60. The standard InChI is InChI=1S/C6H10BrClO/c1-3-4-6(2,8)5(7)9/h3-4H2,1-2H3. The smallest absolute Gasteiger partial charge is 0.218 e. The Bertz CT molecular complexity index is 112. The molecule has 1 unspecified atom stereocenters. The molecular weight excluding hydrogens is 203 g/mol. The Balaban J connectivity index is 3.85. The highest BCUT2D eigenvalue weighted by Crippen LogP contribution is 2.24. The monoisotopic (exact) mass is 212 g/mol. The third kappa shape index (κ3) is 3.21. The van der Waals surface area contributed by atoms with Crippen LogP contribution in [-0.4, -0.2) is 9.57 Å². The highest BCUT2D eigenvalue weighted by Gasteiger charge is 2.26. The quantitative estimate of drug-likeness (QED) is 0.520. The minimum absolute atomic E-state index is 0.126. The Morgan fingerprint density at radius 3 is 2.33 bits per heavy atom. The number of alkyl halides is 1. The topological polar surface area (TPSA) is 17.1 Å². The SMILES string of the molecule is CCCC(C)(Cl)C(=O)Br. The van der Waals surface area contributed by atoms with Crippen LogP contribution in [0.5, 0.6) is 0 Å². The predicted molar refractivity (Wildman–Crippen MR) is 43.1 cm³/mol. The molecule has 0 spiro atoms. The second-order valence-electron chi connectivity index (χ2n) is 2.22. The van der Waals surface area contributed by atoms with Gasteiger partial charge in [0.05, 0.1) is 0 Å². The third-order valence-corrected chi connectivity index (χ3v) is 2.59. The molecule has 0 aromatic heterocycles. The molecule has 0 aromatic rings. The van der Waals surface area contributed by atoms with Gasteiger partial charge in [0.2, 0.25) is 4.69 Å². The molecule has 1 nitrogen and oxygen atoms in total. The van der Waals surface area contributed by atoms with E-state index in [0.717, 1.165) is 12.8 Å². The molecule has 0 aromatic carbocycles. The molecule has 0 saturated heterocycles. The molecule has 9 heavy (non-hydrogen) atoms. The maximum Gasteiger partial charge on any atom is 0.218 e. The van der Waals surface area contributed by atoms with Gasteiger partial charge in [-0.05, 0) is 29.3 Å². The molecule has 1 atom stereocenters. The van der Waals surface area contributed by atoms with E-state index in [1.54, 1.807) is 6.92 Å². The second-order valence-corrected chi connectivity index (χ2v) is 3.78. The van der Waals surface area contributed by atoms with Gasteiger partial charge in [-0.1, -0.05) is 13.3 Å². The molecule has 0 rings (SSSR count). The summed E-state index contributed by atoms with van der Waals surface area (Å²) in [6.07, 6.45) is 1.65. The fraction of sp³-hybridized carbons (Fsp3) is 0.833. The lowest BCUT2D eigenvalue weighted by Gasteiger charge is -2.14. The van der Waals surface area contributed by atoms with Crippen molar-refractivity contribution in [3.05, 3.63) is 0 Å². The average molecular weight is 214 g/mol. The molecule has 0 bridgehead atoms. The third-order valence-electron chi connectivity index (χ3n) is 1.13. The van der Waals surface area contributed by atoms with E-state index in [2.05, 4.69) is 15.9 Å². The van der Waals surface area contributed by atoms with Crippen molar-refractivity contribution in [3.63, 3.8) is 0 Å². The number of rotatable bonds is 3. The van der Waals surface area contributed by atoms with Crippen LogP contribution < -0.4 is 0 Å². The minimum Gasteiger partial charge on any atom is -0.285 e. The molecule has 0 aliphatic carbocycles. The van der Waals surface area contributed by atoms with Crippen LogP contribution >= 0.6 is 27.5 Å². The summed E-state index contributed by atoms with van der Waals surface area (Å²) in [5.41, 5.74) is 0. The Hall–Kier alpha value is 0.440. The molecule has 0 aliphatic heterocycles. The van der Waals surface area contributed by atoms with Crippen LogP contribution in [0, 0.1) is 0 Å². The average Bonchev–Trinajstić information content (AvgIpc) is 1.65. The van der Waals surface area contributed by atoms with Crippen LogP contribution in [0.1, 0.15) is 26.7 Å². The summed E-state index contributed by atoms with van der Waals surface area (Å²) in [5, 5.41) is 0. The molecule has 0 aliphatic rings. The van der Waals surface area contributed by atoms with Crippen molar-refractivity contribution in [2.45, 2.75) is 31.6 Å². The van der Waals surface area contributed by atoms with E-state index >= 15 is 0 Å². The largest absolute Gasteiger partial charge is 0.285 e. The Kier molecular flexibility index (Phi) is 3.74. The first-order valence-corrected chi connectivity index (χ1v) is 4.06. The summed E-state index contributed by atoms with van der Waals surface area (Å²) in [7, 11) is 0. The van der Waals surface area contributed by atoms with E-state index < -0.39 is 4.87 Å².